The molecule has 0 bridgehead atoms. The van der Waals surface area contributed by atoms with Gasteiger partial charge in [-0.25, -0.2) is 0 Å². The fourth-order valence-corrected chi connectivity index (χ4v) is 3.56. The Hall–Kier alpha value is -0.0200. The largest absolute Gasteiger partial charge is 0.131 e. The number of hydrogen-bond acceptors (Lipinski definition) is 1. The van der Waals surface area contributed by atoms with Crippen molar-refractivity contribution in [3.63, 3.8) is 0 Å². The molecule has 1 heterocycles. The second-order valence-corrected chi connectivity index (χ2v) is 6.80. The molecule has 0 N–H and O–H groups in total. The van der Waals surface area contributed by atoms with E-state index >= 15 is 0 Å². The van der Waals surface area contributed by atoms with Gasteiger partial charge in [-0.2, -0.15) is 0 Å². The Morgan fingerprint density at radius 3 is 2.62 bits per heavy atom. The van der Waals surface area contributed by atoms with Gasteiger partial charge < -0.3 is 0 Å². The minimum atomic E-state index is -0.130. The van der Waals surface area contributed by atoms with Crippen molar-refractivity contribution < 1.29 is 0 Å². The molecular weight excluding hydrogens is 327 g/mol. The molecule has 0 saturated heterocycles. The van der Waals surface area contributed by atoms with Crippen molar-refractivity contribution in [3.05, 3.63) is 55.1 Å². The molecule has 0 saturated carbocycles. The van der Waals surface area contributed by atoms with Crippen LogP contribution in [0, 0.1) is 6.92 Å². The molecule has 4 heteroatoms. The maximum Gasteiger partial charge on any atom is 0.0931 e. The van der Waals surface area contributed by atoms with E-state index in [4.69, 9.17) is 23.2 Å². The first-order valence-electron chi connectivity index (χ1n) is 4.74. The first-order valence-corrected chi connectivity index (χ1v) is 7.16. The zero-order valence-electron chi connectivity index (χ0n) is 8.51. The van der Waals surface area contributed by atoms with Crippen LogP contribution in [-0.4, -0.2) is 0 Å². The molecule has 2 aromatic rings. The zero-order chi connectivity index (χ0) is 11.7. The highest BCUT2D eigenvalue weighted by Gasteiger charge is 2.16. The minimum Gasteiger partial charge on any atom is -0.131 e. The maximum atomic E-state index is 6.45. The SMILES string of the molecule is Cc1c(Cl)cccc1C(Cl)c1ccc(Br)s1. The Balaban J connectivity index is 2.41. The van der Waals surface area contributed by atoms with Crippen LogP contribution in [0.5, 0.6) is 0 Å². The second kappa shape index (κ2) is 5.09. The average molecular weight is 336 g/mol. The molecule has 84 valence electrons. The summed E-state index contributed by atoms with van der Waals surface area (Å²) in [5, 5.41) is 0.633. The van der Waals surface area contributed by atoms with E-state index in [9.17, 15) is 0 Å². The topological polar surface area (TPSA) is 0 Å². The third kappa shape index (κ3) is 2.45. The molecule has 1 atom stereocenters. The van der Waals surface area contributed by atoms with Crippen molar-refractivity contribution in [3.8, 4) is 0 Å². The van der Waals surface area contributed by atoms with Crippen LogP contribution in [0.4, 0.5) is 0 Å². The summed E-state index contributed by atoms with van der Waals surface area (Å²) < 4.78 is 1.09. The quantitative estimate of drug-likeness (QED) is 0.608. The monoisotopic (exact) mass is 334 g/mol. The summed E-state index contributed by atoms with van der Waals surface area (Å²) in [4.78, 5) is 1.12. The number of rotatable bonds is 2. The van der Waals surface area contributed by atoms with E-state index in [0.29, 0.717) is 0 Å². The molecule has 0 amide bonds. The summed E-state index contributed by atoms with van der Waals surface area (Å²) in [7, 11) is 0. The van der Waals surface area contributed by atoms with Gasteiger partial charge in [0.1, 0.15) is 0 Å². The Labute approximate surface area is 117 Å². The molecule has 0 spiro atoms. The van der Waals surface area contributed by atoms with E-state index in [1.165, 1.54) is 0 Å². The molecule has 1 aromatic carbocycles. The van der Waals surface area contributed by atoms with Crippen molar-refractivity contribution >= 4 is 50.5 Å². The molecule has 16 heavy (non-hydrogen) atoms. The highest BCUT2D eigenvalue weighted by molar-refractivity contribution is 9.11. The van der Waals surface area contributed by atoms with E-state index < -0.39 is 0 Å². The van der Waals surface area contributed by atoms with E-state index in [0.717, 1.165) is 24.8 Å². The molecule has 1 unspecified atom stereocenters. The van der Waals surface area contributed by atoms with Crippen molar-refractivity contribution in [1.82, 2.24) is 0 Å². The summed E-state index contributed by atoms with van der Waals surface area (Å²) in [6.07, 6.45) is 0. The lowest BCUT2D eigenvalue weighted by molar-refractivity contribution is 1.15. The van der Waals surface area contributed by atoms with E-state index in [-0.39, 0.29) is 5.38 Å². The maximum absolute atomic E-state index is 6.45. The average Bonchev–Trinajstić information content (AvgIpc) is 2.68. The molecule has 0 aliphatic heterocycles. The molecule has 0 aliphatic carbocycles. The Kier molecular flexibility index (Phi) is 3.96. The van der Waals surface area contributed by atoms with E-state index in [2.05, 4.69) is 15.9 Å². The summed E-state index contributed by atoms with van der Waals surface area (Å²) >= 11 is 17.6. The normalized spacial score (nSPS) is 12.8. The van der Waals surface area contributed by atoms with Gasteiger partial charge in [-0.3, -0.25) is 0 Å². The predicted octanol–water partition coefficient (Wildman–Crippen LogP) is 5.80. The molecule has 0 fully saturated rings. The molecule has 2 rings (SSSR count). The van der Waals surface area contributed by atoms with Gasteiger partial charge in [0.25, 0.3) is 0 Å². The molecule has 0 aliphatic rings. The lowest BCUT2D eigenvalue weighted by Crippen LogP contribution is -1.94. The van der Waals surface area contributed by atoms with Crippen LogP contribution in [0.1, 0.15) is 21.4 Å². The third-order valence-electron chi connectivity index (χ3n) is 2.43. The number of benzene rings is 1. The lowest BCUT2D eigenvalue weighted by atomic mass is 10.0. The minimum absolute atomic E-state index is 0.130. The first-order chi connectivity index (χ1) is 7.59. The number of halogens is 3. The van der Waals surface area contributed by atoms with Crippen LogP contribution < -0.4 is 0 Å². The van der Waals surface area contributed by atoms with Gasteiger partial charge >= 0.3 is 0 Å². The van der Waals surface area contributed by atoms with Crippen molar-refractivity contribution in [1.29, 1.82) is 0 Å². The van der Waals surface area contributed by atoms with Crippen LogP contribution in [0.3, 0.4) is 0 Å². The molecule has 1 aromatic heterocycles. The Morgan fingerprint density at radius 1 is 1.25 bits per heavy atom. The van der Waals surface area contributed by atoms with Gasteiger partial charge in [0.2, 0.25) is 0 Å². The third-order valence-corrected chi connectivity index (χ3v) is 5.12. The Bertz CT molecular complexity index is 507. The van der Waals surface area contributed by atoms with Crippen molar-refractivity contribution in [2.45, 2.75) is 12.3 Å². The zero-order valence-corrected chi connectivity index (χ0v) is 12.4. The van der Waals surface area contributed by atoms with Gasteiger partial charge in [-0.1, -0.05) is 23.7 Å². The number of alkyl halides is 1. The van der Waals surface area contributed by atoms with Gasteiger partial charge in [0, 0.05) is 9.90 Å². The highest BCUT2D eigenvalue weighted by atomic mass is 79.9. The van der Waals surface area contributed by atoms with Crippen molar-refractivity contribution in [2.75, 3.05) is 0 Å². The first kappa shape index (κ1) is 12.4. The van der Waals surface area contributed by atoms with Crippen LogP contribution in [-0.2, 0) is 0 Å². The van der Waals surface area contributed by atoms with E-state index in [1.807, 2.05) is 37.3 Å². The van der Waals surface area contributed by atoms with Crippen molar-refractivity contribution in [2.24, 2.45) is 0 Å². The smallest absolute Gasteiger partial charge is 0.0931 e. The van der Waals surface area contributed by atoms with Crippen LogP contribution in [0.15, 0.2) is 34.1 Å². The van der Waals surface area contributed by atoms with Crippen LogP contribution in [0.2, 0.25) is 5.02 Å². The van der Waals surface area contributed by atoms with Gasteiger partial charge in [-0.05, 0) is 52.2 Å². The fraction of sp³-hybridized carbons (Fsp3) is 0.167. The molecule has 0 nitrogen and oxygen atoms in total. The number of thiophene rings is 1. The summed E-state index contributed by atoms with van der Waals surface area (Å²) in [5.41, 5.74) is 2.12. The molecule has 0 radical (unpaired) electrons. The molecular formula is C12H9BrCl2S. The highest BCUT2D eigenvalue weighted by Crippen LogP contribution is 2.38. The Morgan fingerprint density at radius 2 is 2.00 bits per heavy atom. The van der Waals surface area contributed by atoms with Crippen LogP contribution in [0.25, 0.3) is 0 Å². The standard InChI is InChI=1S/C12H9BrCl2S/c1-7-8(3-2-4-9(7)14)12(15)10-5-6-11(13)16-10/h2-6,12H,1H3. The lowest BCUT2D eigenvalue weighted by Gasteiger charge is -2.12. The predicted molar refractivity (Wildman–Crippen MR) is 75.9 cm³/mol. The van der Waals surface area contributed by atoms with Crippen LogP contribution >= 0.6 is 50.5 Å². The van der Waals surface area contributed by atoms with Gasteiger partial charge in [-0.15, -0.1) is 22.9 Å². The summed E-state index contributed by atoms with van der Waals surface area (Å²) in [5.74, 6) is 0. The van der Waals surface area contributed by atoms with E-state index in [1.54, 1.807) is 11.3 Å². The van der Waals surface area contributed by atoms with Gasteiger partial charge in [0.05, 0.1) is 9.16 Å². The second-order valence-electron chi connectivity index (χ2n) is 3.46. The number of hydrogen-bond donors (Lipinski definition) is 0. The summed E-state index contributed by atoms with van der Waals surface area (Å²) in [6.45, 7) is 2.00. The fourth-order valence-electron chi connectivity index (χ4n) is 1.52. The summed E-state index contributed by atoms with van der Waals surface area (Å²) in [6, 6.07) is 9.88. The van der Waals surface area contributed by atoms with Gasteiger partial charge in [0.15, 0.2) is 0 Å².